The molecule has 0 bridgehead atoms. The van der Waals surface area contributed by atoms with Crippen molar-refractivity contribution in [2.24, 2.45) is 0 Å². The fourth-order valence-electron chi connectivity index (χ4n) is 1.01. The Bertz CT molecular complexity index is 247. The number of hydrogen-bond acceptors (Lipinski definition) is 3. The summed E-state index contributed by atoms with van der Waals surface area (Å²) in [4.78, 5) is 23.1. The van der Waals surface area contributed by atoms with Crippen LogP contribution in [0.15, 0.2) is 0 Å². The molecule has 0 aliphatic heterocycles. The van der Waals surface area contributed by atoms with Crippen LogP contribution in [-0.2, 0) is 4.79 Å². The molecule has 0 spiro atoms. The van der Waals surface area contributed by atoms with E-state index in [-0.39, 0.29) is 6.54 Å². The molecule has 0 saturated heterocycles. The monoisotopic (exact) mass is 218 g/mol. The fourth-order valence-corrected chi connectivity index (χ4v) is 1.01. The third-order valence-electron chi connectivity index (χ3n) is 1.68. The molecule has 0 fully saturated rings. The molecule has 0 heterocycles. The third-order valence-corrected chi connectivity index (χ3v) is 1.68. The molecule has 0 aromatic carbocycles. The number of aliphatic carboxylic acids is 1. The van der Waals surface area contributed by atoms with Gasteiger partial charge in [0.15, 0.2) is 0 Å². The number of carboxylic acid groups (broad SMARTS) is 1. The minimum atomic E-state index is -1.10. The largest absolute Gasteiger partial charge is 0.480 e. The molecule has 2 amide bonds. The van der Waals surface area contributed by atoms with E-state index in [1.54, 1.807) is 13.8 Å². The van der Waals surface area contributed by atoms with Crippen LogP contribution < -0.4 is 5.32 Å². The van der Waals surface area contributed by atoms with Crippen LogP contribution >= 0.6 is 0 Å². The summed E-state index contributed by atoms with van der Waals surface area (Å²) in [6.45, 7) is 4.64. The molecule has 6 heteroatoms. The van der Waals surface area contributed by atoms with Gasteiger partial charge in [-0.1, -0.05) is 0 Å². The third kappa shape index (κ3) is 5.90. The van der Waals surface area contributed by atoms with E-state index in [4.69, 9.17) is 5.11 Å². The van der Waals surface area contributed by atoms with Crippen molar-refractivity contribution >= 4 is 12.0 Å². The zero-order valence-corrected chi connectivity index (χ0v) is 9.44. The first-order chi connectivity index (χ1) is 6.63. The lowest BCUT2D eigenvalue weighted by Crippen LogP contribution is -2.48. The SMILES string of the molecule is CC(NC(=O)N(C)CC(C)(C)O)C(=O)O. The first-order valence-corrected chi connectivity index (χ1v) is 4.60. The lowest BCUT2D eigenvalue weighted by Gasteiger charge is -2.26. The summed E-state index contributed by atoms with van der Waals surface area (Å²) < 4.78 is 0. The van der Waals surface area contributed by atoms with Crippen LogP contribution in [0.25, 0.3) is 0 Å². The van der Waals surface area contributed by atoms with Gasteiger partial charge in [-0.05, 0) is 20.8 Å². The van der Waals surface area contributed by atoms with Crippen molar-refractivity contribution in [3.8, 4) is 0 Å². The number of carbonyl (C=O) groups excluding carboxylic acids is 1. The van der Waals surface area contributed by atoms with Gasteiger partial charge in [-0.2, -0.15) is 0 Å². The van der Waals surface area contributed by atoms with E-state index in [2.05, 4.69) is 5.32 Å². The highest BCUT2D eigenvalue weighted by Crippen LogP contribution is 2.03. The minimum absolute atomic E-state index is 0.130. The molecular formula is C9H18N2O4. The number of likely N-dealkylation sites (N-methyl/N-ethyl adjacent to an activating group) is 1. The summed E-state index contributed by atoms with van der Waals surface area (Å²) in [5, 5.41) is 20.3. The minimum Gasteiger partial charge on any atom is -0.480 e. The first-order valence-electron chi connectivity index (χ1n) is 4.60. The molecular weight excluding hydrogens is 200 g/mol. The average molecular weight is 218 g/mol. The molecule has 0 radical (unpaired) electrons. The van der Waals surface area contributed by atoms with E-state index in [0.29, 0.717) is 0 Å². The number of aliphatic hydroxyl groups is 1. The van der Waals surface area contributed by atoms with E-state index in [0.717, 1.165) is 0 Å². The number of nitrogens with zero attached hydrogens (tertiary/aromatic N) is 1. The molecule has 15 heavy (non-hydrogen) atoms. The van der Waals surface area contributed by atoms with Gasteiger partial charge in [-0.15, -0.1) is 0 Å². The topological polar surface area (TPSA) is 89.9 Å². The molecule has 0 aromatic heterocycles. The number of nitrogens with one attached hydrogen (secondary N) is 1. The highest BCUT2D eigenvalue weighted by atomic mass is 16.4. The molecule has 0 aliphatic rings. The van der Waals surface area contributed by atoms with Gasteiger partial charge in [0.25, 0.3) is 0 Å². The lowest BCUT2D eigenvalue weighted by atomic mass is 10.1. The predicted octanol–water partition coefficient (Wildman–Crippen LogP) is -0.128. The summed E-state index contributed by atoms with van der Waals surface area (Å²) in [5.74, 6) is -1.10. The number of amides is 2. The highest BCUT2D eigenvalue weighted by Gasteiger charge is 2.21. The number of urea groups is 1. The van der Waals surface area contributed by atoms with E-state index >= 15 is 0 Å². The molecule has 1 unspecified atom stereocenters. The maximum Gasteiger partial charge on any atom is 0.325 e. The van der Waals surface area contributed by atoms with Gasteiger partial charge in [-0.25, -0.2) is 4.79 Å². The van der Waals surface area contributed by atoms with E-state index in [9.17, 15) is 14.7 Å². The number of rotatable bonds is 4. The van der Waals surface area contributed by atoms with Gasteiger partial charge >= 0.3 is 12.0 Å². The maximum atomic E-state index is 11.4. The van der Waals surface area contributed by atoms with Gasteiger partial charge in [0, 0.05) is 7.05 Å². The van der Waals surface area contributed by atoms with Crippen molar-refractivity contribution in [1.82, 2.24) is 10.2 Å². The van der Waals surface area contributed by atoms with Crippen LogP contribution in [0.5, 0.6) is 0 Å². The summed E-state index contributed by atoms with van der Waals surface area (Å²) in [6.07, 6.45) is 0. The Morgan fingerprint density at radius 1 is 1.47 bits per heavy atom. The smallest absolute Gasteiger partial charge is 0.325 e. The Balaban J connectivity index is 4.17. The Kier molecular flexibility index (Phi) is 4.54. The number of carbonyl (C=O) groups is 2. The molecule has 6 nitrogen and oxygen atoms in total. The lowest BCUT2D eigenvalue weighted by molar-refractivity contribution is -0.138. The molecule has 0 aliphatic carbocycles. The summed E-state index contributed by atoms with van der Waals surface area (Å²) in [7, 11) is 1.49. The highest BCUT2D eigenvalue weighted by molar-refractivity contribution is 5.82. The van der Waals surface area contributed by atoms with Crippen LogP contribution in [0.4, 0.5) is 4.79 Å². The number of carboxylic acids is 1. The van der Waals surface area contributed by atoms with Crippen molar-refractivity contribution in [1.29, 1.82) is 0 Å². The van der Waals surface area contributed by atoms with Crippen molar-refractivity contribution in [2.75, 3.05) is 13.6 Å². The summed E-state index contributed by atoms with van der Waals surface area (Å²) >= 11 is 0. The van der Waals surface area contributed by atoms with Gasteiger partial charge in [0.05, 0.1) is 12.1 Å². The van der Waals surface area contributed by atoms with Gasteiger partial charge in [0.1, 0.15) is 6.04 Å². The molecule has 0 rings (SSSR count). The molecule has 88 valence electrons. The summed E-state index contributed by atoms with van der Waals surface area (Å²) in [6, 6.07) is -1.46. The normalized spacial score (nSPS) is 13.1. The second-order valence-corrected chi connectivity index (χ2v) is 4.18. The molecule has 0 aromatic rings. The molecule has 3 N–H and O–H groups in total. The van der Waals surface area contributed by atoms with Gasteiger partial charge < -0.3 is 20.4 Å². The zero-order chi connectivity index (χ0) is 12.2. The Hall–Kier alpha value is -1.30. The molecule has 1 atom stereocenters. The Morgan fingerprint density at radius 2 is 1.93 bits per heavy atom. The Labute approximate surface area is 88.9 Å². The van der Waals surface area contributed by atoms with Crippen LogP contribution in [0, 0.1) is 0 Å². The van der Waals surface area contributed by atoms with E-state index in [1.807, 2.05) is 0 Å². The first kappa shape index (κ1) is 13.7. The van der Waals surface area contributed by atoms with E-state index < -0.39 is 23.6 Å². The van der Waals surface area contributed by atoms with Crippen LogP contribution in [0.1, 0.15) is 20.8 Å². The van der Waals surface area contributed by atoms with Crippen LogP contribution in [0.2, 0.25) is 0 Å². The van der Waals surface area contributed by atoms with E-state index in [1.165, 1.54) is 18.9 Å². The molecule has 0 saturated carbocycles. The average Bonchev–Trinajstić information content (AvgIpc) is 2.00. The zero-order valence-electron chi connectivity index (χ0n) is 9.44. The summed E-state index contributed by atoms with van der Waals surface area (Å²) in [5.41, 5.74) is -1.00. The van der Waals surface area contributed by atoms with Crippen molar-refractivity contribution < 1.29 is 19.8 Å². The van der Waals surface area contributed by atoms with Crippen molar-refractivity contribution in [3.05, 3.63) is 0 Å². The predicted molar refractivity (Wildman–Crippen MR) is 54.6 cm³/mol. The van der Waals surface area contributed by atoms with Crippen molar-refractivity contribution in [3.63, 3.8) is 0 Å². The quantitative estimate of drug-likeness (QED) is 0.613. The van der Waals surface area contributed by atoms with Crippen molar-refractivity contribution in [2.45, 2.75) is 32.4 Å². The van der Waals surface area contributed by atoms with Crippen LogP contribution in [0.3, 0.4) is 0 Å². The second kappa shape index (κ2) is 4.97. The fraction of sp³-hybridized carbons (Fsp3) is 0.778. The number of hydrogen-bond donors (Lipinski definition) is 3. The van der Waals surface area contributed by atoms with Gasteiger partial charge in [0.2, 0.25) is 0 Å². The van der Waals surface area contributed by atoms with Gasteiger partial charge in [-0.3, -0.25) is 4.79 Å². The second-order valence-electron chi connectivity index (χ2n) is 4.18. The van der Waals surface area contributed by atoms with Crippen LogP contribution in [-0.4, -0.2) is 52.3 Å². The maximum absolute atomic E-state index is 11.4. The standard InChI is InChI=1S/C9H18N2O4/c1-6(7(12)13)10-8(14)11(4)5-9(2,3)15/h6,15H,5H2,1-4H3,(H,10,14)(H,12,13). The Morgan fingerprint density at radius 3 is 2.27 bits per heavy atom.